The lowest BCUT2D eigenvalue weighted by molar-refractivity contribution is 0.111. The van der Waals surface area contributed by atoms with Gasteiger partial charge < -0.3 is 15.3 Å². The largest absolute Gasteiger partial charge is 0.394 e. The Balaban J connectivity index is 2.49. The van der Waals surface area contributed by atoms with Gasteiger partial charge in [-0.25, -0.2) is 0 Å². The van der Waals surface area contributed by atoms with E-state index in [1.807, 2.05) is 0 Å². The summed E-state index contributed by atoms with van der Waals surface area (Å²) < 4.78 is 0. The molecule has 0 amide bonds. The first-order valence-corrected chi connectivity index (χ1v) is 8.67. The van der Waals surface area contributed by atoms with Crippen LogP contribution in [0.1, 0.15) is 72.6 Å². The lowest BCUT2D eigenvalue weighted by Crippen LogP contribution is -2.51. The molecule has 0 heterocycles. The molecule has 0 radical (unpaired) electrons. The van der Waals surface area contributed by atoms with Crippen molar-refractivity contribution in [2.75, 3.05) is 19.7 Å². The summed E-state index contributed by atoms with van der Waals surface area (Å²) >= 11 is 0. The van der Waals surface area contributed by atoms with Crippen LogP contribution in [-0.4, -0.2) is 47.3 Å². The summed E-state index contributed by atoms with van der Waals surface area (Å²) in [4.78, 5) is 2.62. The third-order valence-electron chi connectivity index (χ3n) is 4.45. The standard InChI is InChI=1S/C17H36N2O/c1-5-7-11-19(12-8-6-2)15(3)13-17(4,14-20)18-16-9-10-16/h15-16,18,20H,5-14H2,1-4H3. The van der Waals surface area contributed by atoms with Gasteiger partial charge in [-0.05, 0) is 59.0 Å². The highest BCUT2D eigenvalue weighted by molar-refractivity contribution is 4.94. The molecule has 1 fully saturated rings. The van der Waals surface area contributed by atoms with Crippen molar-refractivity contribution >= 4 is 0 Å². The van der Waals surface area contributed by atoms with Gasteiger partial charge in [-0.2, -0.15) is 0 Å². The quantitative estimate of drug-likeness (QED) is 0.578. The first-order chi connectivity index (χ1) is 9.54. The molecule has 3 nitrogen and oxygen atoms in total. The zero-order chi connectivity index (χ0) is 15.0. The third kappa shape index (κ3) is 6.55. The molecule has 1 rings (SSSR count). The third-order valence-corrected chi connectivity index (χ3v) is 4.45. The number of hydrogen-bond acceptors (Lipinski definition) is 3. The predicted octanol–water partition coefficient (Wildman–Crippen LogP) is 3.17. The van der Waals surface area contributed by atoms with Crippen LogP contribution in [-0.2, 0) is 0 Å². The van der Waals surface area contributed by atoms with E-state index in [-0.39, 0.29) is 12.1 Å². The summed E-state index contributed by atoms with van der Waals surface area (Å²) in [7, 11) is 0. The summed E-state index contributed by atoms with van der Waals surface area (Å²) in [6, 6.07) is 1.19. The Morgan fingerprint density at radius 2 is 1.75 bits per heavy atom. The van der Waals surface area contributed by atoms with Crippen molar-refractivity contribution in [3.8, 4) is 0 Å². The summed E-state index contributed by atoms with van der Waals surface area (Å²) in [6.45, 7) is 11.7. The molecule has 1 aliphatic rings. The van der Waals surface area contributed by atoms with E-state index in [1.54, 1.807) is 0 Å². The van der Waals surface area contributed by atoms with Gasteiger partial charge in [0.25, 0.3) is 0 Å². The molecule has 20 heavy (non-hydrogen) atoms. The van der Waals surface area contributed by atoms with Gasteiger partial charge in [-0.1, -0.05) is 26.7 Å². The molecule has 1 saturated carbocycles. The zero-order valence-corrected chi connectivity index (χ0v) is 14.1. The maximum absolute atomic E-state index is 9.76. The minimum absolute atomic E-state index is 0.114. The molecule has 1 aliphatic carbocycles. The molecule has 0 aromatic carbocycles. The molecular formula is C17H36N2O. The van der Waals surface area contributed by atoms with Crippen molar-refractivity contribution in [3.05, 3.63) is 0 Å². The maximum Gasteiger partial charge on any atom is 0.0611 e. The average molecular weight is 284 g/mol. The van der Waals surface area contributed by atoms with Gasteiger partial charge in [0.15, 0.2) is 0 Å². The number of nitrogens with one attached hydrogen (secondary N) is 1. The molecule has 0 saturated heterocycles. The fourth-order valence-corrected chi connectivity index (χ4v) is 2.95. The van der Waals surface area contributed by atoms with Crippen molar-refractivity contribution in [1.82, 2.24) is 10.2 Å². The molecule has 0 aliphatic heterocycles. The van der Waals surface area contributed by atoms with Gasteiger partial charge in [0.05, 0.1) is 6.61 Å². The smallest absolute Gasteiger partial charge is 0.0611 e. The lowest BCUT2D eigenvalue weighted by Gasteiger charge is -2.37. The fourth-order valence-electron chi connectivity index (χ4n) is 2.95. The second kappa shape index (κ2) is 9.01. The molecule has 0 bridgehead atoms. The highest BCUT2D eigenvalue weighted by Crippen LogP contribution is 2.25. The van der Waals surface area contributed by atoms with Crippen LogP contribution in [0.4, 0.5) is 0 Å². The summed E-state index contributed by atoms with van der Waals surface area (Å²) in [6.07, 6.45) is 8.66. The molecule has 0 spiro atoms. The Labute approximate surface area is 126 Å². The number of rotatable bonds is 12. The molecule has 0 aromatic heterocycles. The lowest BCUT2D eigenvalue weighted by atomic mass is 9.93. The van der Waals surface area contributed by atoms with E-state index in [1.165, 1.54) is 51.6 Å². The first kappa shape index (κ1) is 17.9. The number of unbranched alkanes of at least 4 members (excludes halogenated alkanes) is 2. The van der Waals surface area contributed by atoms with Crippen molar-refractivity contribution in [2.45, 2.75) is 90.3 Å². The number of hydrogen-bond donors (Lipinski definition) is 2. The predicted molar refractivity (Wildman–Crippen MR) is 87.1 cm³/mol. The monoisotopic (exact) mass is 284 g/mol. The van der Waals surface area contributed by atoms with Gasteiger partial charge in [0.1, 0.15) is 0 Å². The summed E-state index contributed by atoms with van der Waals surface area (Å²) in [5.41, 5.74) is -0.114. The van der Waals surface area contributed by atoms with Crippen LogP contribution >= 0.6 is 0 Å². The van der Waals surface area contributed by atoms with E-state index < -0.39 is 0 Å². The number of nitrogens with zero attached hydrogens (tertiary/aromatic N) is 1. The number of aliphatic hydroxyl groups is 1. The van der Waals surface area contributed by atoms with Crippen LogP contribution in [0.25, 0.3) is 0 Å². The van der Waals surface area contributed by atoms with Crippen molar-refractivity contribution < 1.29 is 5.11 Å². The van der Waals surface area contributed by atoms with E-state index in [2.05, 4.69) is 37.9 Å². The molecule has 2 N–H and O–H groups in total. The van der Waals surface area contributed by atoms with Gasteiger partial charge in [0.2, 0.25) is 0 Å². The van der Waals surface area contributed by atoms with Crippen molar-refractivity contribution in [1.29, 1.82) is 0 Å². The van der Waals surface area contributed by atoms with Gasteiger partial charge in [0, 0.05) is 17.6 Å². The van der Waals surface area contributed by atoms with E-state index >= 15 is 0 Å². The van der Waals surface area contributed by atoms with Gasteiger partial charge in [-0.15, -0.1) is 0 Å². The van der Waals surface area contributed by atoms with Crippen LogP contribution in [0, 0.1) is 0 Å². The van der Waals surface area contributed by atoms with Crippen LogP contribution < -0.4 is 5.32 Å². The van der Waals surface area contributed by atoms with Crippen LogP contribution in [0.5, 0.6) is 0 Å². The Morgan fingerprint density at radius 1 is 1.20 bits per heavy atom. The molecular weight excluding hydrogens is 248 g/mol. The maximum atomic E-state index is 9.76. The summed E-state index contributed by atoms with van der Waals surface area (Å²) in [5.74, 6) is 0. The molecule has 0 aromatic rings. The van der Waals surface area contributed by atoms with E-state index in [9.17, 15) is 5.11 Å². The topological polar surface area (TPSA) is 35.5 Å². The van der Waals surface area contributed by atoms with E-state index in [0.717, 1.165) is 6.42 Å². The highest BCUT2D eigenvalue weighted by Gasteiger charge is 2.34. The SMILES string of the molecule is CCCCN(CCCC)C(C)CC(C)(CO)NC1CC1. The summed E-state index contributed by atoms with van der Waals surface area (Å²) in [5, 5.41) is 13.4. The normalized spacial score (nSPS) is 20.1. The Bertz CT molecular complexity index is 247. The Kier molecular flexibility index (Phi) is 8.08. The van der Waals surface area contributed by atoms with Crippen LogP contribution in [0.2, 0.25) is 0 Å². The molecule has 3 heteroatoms. The first-order valence-electron chi connectivity index (χ1n) is 8.67. The van der Waals surface area contributed by atoms with Crippen LogP contribution in [0.15, 0.2) is 0 Å². The second-order valence-electron chi connectivity index (χ2n) is 6.93. The van der Waals surface area contributed by atoms with E-state index in [0.29, 0.717) is 12.1 Å². The van der Waals surface area contributed by atoms with Crippen molar-refractivity contribution in [2.24, 2.45) is 0 Å². The molecule has 2 atom stereocenters. The van der Waals surface area contributed by atoms with Gasteiger partial charge >= 0.3 is 0 Å². The molecule has 120 valence electrons. The van der Waals surface area contributed by atoms with E-state index in [4.69, 9.17) is 0 Å². The Hall–Kier alpha value is -0.120. The van der Waals surface area contributed by atoms with Crippen LogP contribution in [0.3, 0.4) is 0 Å². The molecule has 2 unspecified atom stereocenters. The minimum atomic E-state index is -0.114. The highest BCUT2D eigenvalue weighted by atomic mass is 16.3. The fraction of sp³-hybridized carbons (Fsp3) is 1.00. The zero-order valence-electron chi connectivity index (χ0n) is 14.1. The average Bonchev–Trinajstić information content (AvgIpc) is 3.22. The Morgan fingerprint density at radius 3 is 2.15 bits per heavy atom. The van der Waals surface area contributed by atoms with Crippen molar-refractivity contribution in [3.63, 3.8) is 0 Å². The van der Waals surface area contributed by atoms with Gasteiger partial charge in [-0.3, -0.25) is 0 Å². The minimum Gasteiger partial charge on any atom is -0.394 e. The second-order valence-corrected chi connectivity index (χ2v) is 6.93. The number of aliphatic hydroxyl groups excluding tert-OH is 1.